The van der Waals surface area contributed by atoms with Gasteiger partial charge in [0.1, 0.15) is 11.6 Å². The molecular weight excluding hydrogens is 146 g/mol. The molecule has 1 aromatic rings. The summed E-state index contributed by atoms with van der Waals surface area (Å²) in [6.45, 7) is 1.71. The van der Waals surface area contributed by atoms with E-state index in [9.17, 15) is 8.78 Å². The third kappa shape index (κ3) is 1.64. The third-order valence-electron chi connectivity index (χ3n) is 1.33. The summed E-state index contributed by atoms with van der Waals surface area (Å²) in [6.07, 6.45) is 3.01. The van der Waals surface area contributed by atoms with Crippen LogP contribution in [0.2, 0.25) is 0 Å². The van der Waals surface area contributed by atoms with Gasteiger partial charge in [0.2, 0.25) is 0 Å². The van der Waals surface area contributed by atoms with Crippen molar-refractivity contribution in [2.24, 2.45) is 0 Å². The van der Waals surface area contributed by atoms with Crippen LogP contribution >= 0.6 is 0 Å². The van der Waals surface area contributed by atoms with E-state index in [1.54, 1.807) is 13.0 Å². The molecule has 2 heteroatoms. The second-order valence-corrected chi connectivity index (χ2v) is 2.14. The first-order chi connectivity index (χ1) is 5.25. The SMILES string of the molecule is C/C=C/c1c(F)cccc1F. The van der Waals surface area contributed by atoms with Crippen molar-refractivity contribution in [2.45, 2.75) is 6.92 Å². The Labute approximate surface area is 64.2 Å². The van der Waals surface area contributed by atoms with Gasteiger partial charge in [-0.1, -0.05) is 18.2 Å². The zero-order valence-electron chi connectivity index (χ0n) is 6.14. The summed E-state index contributed by atoms with van der Waals surface area (Å²) in [4.78, 5) is 0. The Bertz CT molecular complexity index is 257. The zero-order valence-corrected chi connectivity index (χ0v) is 6.14. The molecule has 0 aliphatic heterocycles. The summed E-state index contributed by atoms with van der Waals surface area (Å²) in [5.41, 5.74) is 0.0231. The van der Waals surface area contributed by atoms with Crippen LogP contribution < -0.4 is 0 Å². The van der Waals surface area contributed by atoms with Gasteiger partial charge in [-0.2, -0.15) is 0 Å². The maximum absolute atomic E-state index is 12.7. The molecule has 58 valence electrons. The van der Waals surface area contributed by atoms with Gasteiger partial charge in [-0.3, -0.25) is 0 Å². The topological polar surface area (TPSA) is 0 Å². The maximum Gasteiger partial charge on any atom is 0.133 e. The smallest absolute Gasteiger partial charge is 0.133 e. The number of benzene rings is 1. The van der Waals surface area contributed by atoms with Crippen molar-refractivity contribution >= 4 is 6.08 Å². The van der Waals surface area contributed by atoms with Crippen LogP contribution in [-0.2, 0) is 0 Å². The monoisotopic (exact) mass is 154 g/mol. The molecule has 0 saturated carbocycles. The van der Waals surface area contributed by atoms with Gasteiger partial charge in [0.15, 0.2) is 0 Å². The van der Waals surface area contributed by atoms with Crippen molar-refractivity contribution in [2.75, 3.05) is 0 Å². The normalized spacial score (nSPS) is 10.8. The van der Waals surface area contributed by atoms with Gasteiger partial charge < -0.3 is 0 Å². The van der Waals surface area contributed by atoms with E-state index in [2.05, 4.69) is 0 Å². The van der Waals surface area contributed by atoms with Crippen molar-refractivity contribution in [1.29, 1.82) is 0 Å². The van der Waals surface area contributed by atoms with E-state index in [-0.39, 0.29) is 5.56 Å². The standard InChI is InChI=1S/C9H8F2/c1-2-4-7-8(10)5-3-6-9(7)11/h2-6H,1H3/b4-2+. The van der Waals surface area contributed by atoms with Gasteiger partial charge in [-0.25, -0.2) is 8.78 Å². The first kappa shape index (κ1) is 7.92. The molecule has 0 atom stereocenters. The fourth-order valence-electron chi connectivity index (χ4n) is 0.837. The van der Waals surface area contributed by atoms with Crippen LogP contribution in [-0.4, -0.2) is 0 Å². The molecule has 0 spiro atoms. The highest BCUT2D eigenvalue weighted by Crippen LogP contribution is 2.12. The van der Waals surface area contributed by atoms with Gasteiger partial charge in [-0.15, -0.1) is 0 Å². The van der Waals surface area contributed by atoms with Crippen LogP contribution in [0, 0.1) is 11.6 Å². The summed E-state index contributed by atoms with van der Waals surface area (Å²) in [5, 5.41) is 0. The van der Waals surface area contributed by atoms with Crippen molar-refractivity contribution < 1.29 is 8.78 Å². The molecule has 0 N–H and O–H groups in total. The summed E-state index contributed by atoms with van der Waals surface area (Å²) in [7, 11) is 0. The lowest BCUT2D eigenvalue weighted by atomic mass is 10.2. The Morgan fingerprint density at radius 2 is 1.73 bits per heavy atom. The highest BCUT2D eigenvalue weighted by atomic mass is 19.1. The van der Waals surface area contributed by atoms with Crippen LogP contribution in [0.25, 0.3) is 6.08 Å². The van der Waals surface area contributed by atoms with E-state index in [0.717, 1.165) is 0 Å². The van der Waals surface area contributed by atoms with Crippen molar-refractivity contribution in [3.63, 3.8) is 0 Å². The highest BCUT2D eigenvalue weighted by molar-refractivity contribution is 5.50. The van der Waals surface area contributed by atoms with Crippen LogP contribution in [0.5, 0.6) is 0 Å². The molecule has 0 bridgehead atoms. The second-order valence-electron chi connectivity index (χ2n) is 2.14. The Kier molecular flexibility index (Phi) is 2.36. The molecule has 11 heavy (non-hydrogen) atoms. The van der Waals surface area contributed by atoms with E-state index >= 15 is 0 Å². The molecule has 0 radical (unpaired) electrons. The summed E-state index contributed by atoms with van der Waals surface area (Å²) < 4.78 is 25.5. The molecular formula is C9H8F2. The van der Waals surface area contributed by atoms with Crippen LogP contribution in [0.4, 0.5) is 8.78 Å². The predicted molar refractivity (Wildman–Crippen MR) is 41.1 cm³/mol. The summed E-state index contributed by atoms with van der Waals surface area (Å²) >= 11 is 0. The molecule has 0 unspecified atom stereocenters. The summed E-state index contributed by atoms with van der Waals surface area (Å²) in [6, 6.07) is 3.81. The average Bonchev–Trinajstić information content (AvgIpc) is 1.97. The van der Waals surface area contributed by atoms with E-state index in [0.29, 0.717) is 0 Å². The largest absolute Gasteiger partial charge is 0.206 e. The minimum absolute atomic E-state index is 0.0231. The van der Waals surface area contributed by atoms with Gasteiger partial charge in [0.05, 0.1) is 0 Å². The number of halogens is 2. The van der Waals surface area contributed by atoms with Crippen LogP contribution in [0.15, 0.2) is 24.3 Å². The molecule has 0 nitrogen and oxygen atoms in total. The molecule has 1 aromatic carbocycles. The quantitative estimate of drug-likeness (QED) is 0.583. The van der Waals surface area contributed by atoms with E-state index in [1.165, 1.54) is 24.3 Å². The molecule has 0 heterocycles. The van der Waals surface area contributed by atoms with Gasteiger partial charge in [0, 0.05) is 5.56 Å². The maximum atomic E-state index is 12.7. The lowest BCUT2D eigenvalue weighted by Crippen LogP contribution is -1.86. The van der Waals surface area contributed by atoms with Gasteiger partial charge in [0.25, 0.3) is 0 Å². The number of rotatable bonds is 1. The lowest BCUT2D eigenvalue weighted by Gasteiger charge is -1.96. The van der Waals surface area contributed by atoms with Crippen LogP contribution in [0.3, 0.4) is 0 Å². The average molecular weight is 154 g/mol. The second kappa shape index (κ2) is 3.28. The predicted octanol–water partition coefficient (Wildman–Crippen LogP) is 3.00. The first-order valence-electron chi connectivity index (χ1n) is 3.32. The molecule has 0 aromatic heterocycles. The lowest BCUT2D eigenvalue weighted by molar-refractivity contribution is 0.578. The van der Waals surface area contributed by atoms with Crippen molar-refractivity contribution in [1.82, 2.24) is 0 Å². The zero-order chi connectivity index (χ0) is 8.27. The molecule has 0 fully saturated rings. The van der Waals surface area contributed by atoms with E-state index < -0.39 is 11.6 Å². The van der Waals surface area contributed by atoms with Gasteiger partial charge >= 0.3 is 0 Å². The fraction of sp³-hybridized carbons (Fsp3) is 0.111. The Morgan fingerprint density at radius 3 is 2.18 bits per heavy atom. The highest BCUT2D eigenvalue weighted by Gasteiger charge is 2.02. The number of allylic oxidation sites excluding steroid dienone is 1. The molecule has 0 aliphatic carbocycles. The summed E-state index contributed by atoms with van der Waals surface area (Å²) in [5.74, 6) is -1.05. The molecule has 0 amide bonds. The third-order valence-corrected chi connectivity index (χ3v) is 1.33. The number of hydrogen-bond acceptors (Lipinski definition) is 0. The van der Waals surface area contributed by atoms with Crippen molar-refractivity contribution in [3.8, 4) is 0 Å². The van der Waals surface area contributed by atoms with E-state index in [1.807, 2.05) is 0 Å². The van der Waals surface area contributed by atoms with Crippen molar-refractivity contribution in [3.05, 3.63) is 41.5 Å². The van der Waals surface area contributed by atoms with Gasteiger partial charge in [-0.05, 0) is 19.1 Å². The molecule has 0 aliphatic rings. The fourth-order valence-corrected chi connectivity index (χ4v) is 0.837. The first-order valence-corrected chi connectivity index (χ1v) is 3.32. The van der Waals surface area contributed by atoms with E-state index in [4.69, 9.17) is 0 Å². The molecule has 1 rings (SSSR count). The number of hydrogen-bond donors (Lipinski definition) is 0. The molecule has 0 saturated heterocycles. The van der Waals surface area contributed by atoms with Crippen LogP contribution in [0.1, 0.15) is 12.5 Å². The Morgan fingerprint density at radius 1 is 1.18 bits per heavy atom. The minimum Gasteiger partial charge on any atom is -0.206 e. The minimum atomic E-state index is -0.525. The Hall–Kier alpha value is -1.18. The Balaban J connectivity index is 3.20.